The average Bonchev–Trinajstić information content (AvgIpc) is 3.02. The molecule has 0 amide bonds. The van der Waals surface area contributed by atoms with E-state index in [1.807, 2.05) is 0 Å². The molecule has 2 aliphatic rings. The highest BCUT2D eigenvalue weighted by Gasteiger charge is 2.43. The van der Waals surface area contributed by atoms with Gasteiger partial charge in [0, 0.05) is 0 Å². The first-order chi connectivity index (χ1) is 10.9. The molecular formula is C22H30Si. The molecule has 0 spiro atoms. The van der Waals surface area contributed by atoms with Crippen molar-refractivity contribution in [3.05, 3.63) is 64.3 Å². The lowest BCUT2D eigenvalue weighted by Gasteiger charge is -2.35. The van der Waals surface area contributed by atoms with Gasteiger partial charge in [-0.1, -0.05) is 74.0 Å². The van der Waals surface area contributed by atoms with Gasteiger partial charge in [-0.05, 0) is 60.5 Å². The number of hydrogen-bond donors (Lipinski definition) is 0. The van der Waals surface area contributed by atoms with Crippen molar-refractivity contribution in [1.29, 1.82) is 0 Å². The summed E-state index contributed by atoms with van der Waals surface area (Å²) in [6, 6.07) is 9.15. The lowest BCUT2D eigenvalue weighted by molar-refractivity contribution is 0.974. The maximum Gasteiger partial charge on any atom is 0.0711 e. The van der Waals surface area contributed by atoms with Crippen LogP contribution < -0.4 is 0 Å². The van der Waals surface area contributed by atoms with Crippen molar-refractivity contribution in [2.24, 2.45) is 0 Å². The maximum absolute atomic E-state index is 2.63. The zero-order valence-electron chi connectivity index (χ0n) is 15.5. The second kappa shape index (κ2) is 5.94. The molecule has 2 atom stereocenters. The molecule has 122 valence electrons. The number of rotatable bonds is 4. The summed E-state index contributed by atoms with van der Waals surface area (Å²) in [6.07, 6.45) is 7.64. The standard InChI is InChI=1S/C22H30Si/c1-7-10-18-14-22(20-12-9-8-11-19(18)20)23(5,6)21-13-15(2)16(3)17(21)4/h8-9,11-14,21-22H,7,10H2,1-6H3. The van der Waals surface area contributed by atoms with Gasteiger partial charge in [0.2, 0.25) is 0 Å². The molecule has 1 aromatic rings. The van der Waals surface area contributed by atoms with Gasteiger partial charge >= 0.3 is 0 Å². The SMILES string of the molecule is CCCC1=CC([Si](C)(C)C2C=C(C)C(C)=C2C)c2ccccc21. The Bertz CT molecular complexity index is 715. The zero-order valence-corrected chi connectivity index (χ0v) is 16.5. The van der Waals surface area contributed by atoms with Crippen LogP contribution in [0.25, 0.3) is 5.57 Å². The third-order valence-electron chi connectivity index (χ3n) is 6.20. The molecule has 0 radical (unpaired) electrons. The molecule has 1 aromatic carbocycles. The van der Waals surface area contributed by atoms with E-state index in [0.29, 0.717) is 11.1 Å². The Kier molecular flexibility index (Phi) is 4.26. The van der Waals surface area contributed by atoms with E-state index in [9.17, 15) is 0 Å². The van der Waals surface area contributed by atoms with Gasteiger partial charge in [0.1, 0.15) is 0 Å². The van der Waals surface area contributed by atoms with E-state index in [2.05, 4.69) is 77.2 Å². The van der Waals surface area contributed by atoms with Gasteiger partial charge < -0.3 is 0 Å². The maximum atomic E-state index is 2.63. The highest BCUT2D eigenvalue weighted by Crippen LogP contribution is 2.51. The van der Waals surface area contributed by atoms with E-state index >= 15 is 0 Å². The summed E-state index contributed by atoms with van der Waals surface area (Å²) in [7, 11) is -1.52. The zero-order chi connectivity index (χ0) is 16.8. The van der Waals surface area contributed by atoms with Crippen LogP contribution in [0.15, 0.2) is 53.1 Å². The van der Waals surface area contributed by atoms with Crippen molar-refractivity contribution >= 4 is 13.6 Å². The summed E-state index contributed by atoms with van der Waals surface area (Å²) in [5.41, 5.74) is 10.7. The summed E-state index contributed by atoms with van der Waals surface area (Å²) < 4.78 is 0. The van der Waals surface area contributed by atoms with Gasteiger partial charge in [-0.15, -0.1) is 0 Å². The van der Waals surface area contributed by atoms with Crippen molar-refractivity contribution in [3.63, 3.8) is 0 Å². The largest absolute Gasteiger partial charge is 0.0768 e. The summed E-state index contributed by atoms with van der Waals surface area (Å²) in [5, 5.41) is 0. The highest BCUT2D eigenvalue weighted by molar-refractivity contribution is 6.82. The minimum atomic E-state index is -1.52. The van der Waals surface area contributed by atoms with Crippen LogP contribution in [0.2, 0.25) is 18.6 Å². The molecule has 0 heterocycles. The molecule has 0 aromatic heterocycles. The molecule has 1 heteroatoms. The van der Waals surface area contributed by atoms with Crippen LogP contribution in [0.1, 0.15) is 57.2 Å². The molecule has 0 aliphatic heterocycles. The van der Waals surface area contributed by atoms with E-state index < -0.39 is 8.07 Å². The molecule has 0 nitrogen and oxygen atoms in total. The lowest BCUT2D eigenvalue weighted by Crippen LogP contribution is -2.38. The van der Waals surface area contributed by atoms with Gasteiger partial charge in [0.25, 0.3) is 0 Å². The first kappa shape index (κ1) is 16.5. The first-order valence-corrected chi connectivity index (χ1v) is 12.2. The number of benzene rings is 1. The van der Waals surface area contributed by atoms with Gasteiger partial charge in [0.15, 0.2) is 0 Å². The van der Waals surface area contributed by atoms with E-state index in [-0.39, 0.29) is 0 Å². The Labute approximate surface area is 143 Å². The molecular weight excluding hydrogens is 292 g/mol. The Morgan fingerprint density at radius 2 is 1.65 bits per heavy atom. The van der Waals surface area contributed by atoms with Crippen LogP contribution >= 0.6 is 0 Å². The topological polar surface area (TPSA) is 0 Å². The fourth-order valence-electron chi connectivity index (χ4n) is 4.55. The second-order valence-corrected chi connectivity index (χ2v) is 12.9. The van der Waals surface area contributed by atoms with Crippen LogP contribution in [0.4, 0.5) is 0 Å². The third-order valence-corrected chi connectivity index (χ3v) is 10.5. The Morgan fingerprint density at radius 3 is 2.26 bits per heavy atom. The molecule has 23 heavy (non-hydrogen) atoms. The fourth-order valence-corrected chi connectivity index (χ4v) is 8.64. The van der Waals surface area contributed by atoms with Crippen LogP contribution in [0.3, 0.4) is 0 Å². The van der Waals surface area contributed by atoms with E-state index in [4.69, 9.17) is 0 Å². The van der Waals surface area contributed by atoms with Gasteiger partial charge in [-0.3, -0.25) is 0 Å². The smallest absolute Gasteiger partial charge is 0.0711 e. The van der Waals surface area contributed by atoms with Crippen LogP contribution in [-0.4, -0.2) is 8.07 Å². The van der Waals surface area contributed by atoms with Gasteiger partial charge in [-0.2, -0.15) is 0 Å². The van der Waals surface area contributed by atoms with E-state index in [1.165, 1.54) is 29.6 Å². The van der Waals surface area contributed by atoms with E-state index in [0.717, 1.165) is 0 Å². The Hall–Kier alpha value is -1.34. The molecule has 2 unspecified atom stereocenters. The first-order valence-electron chi connectivity index (χ1n) is 9.04. The third kappa shape index (κ3) is 2.59. The summed E-state index contributed by atoms with van der Waals surface area (Å²) >= 11 is 0. The number of allylic oxidation sites excluding steroid dienone is 6. The van der Waals surface area contributed by atoms with Crippen LogP contribution in [0, 0.1) is 0 Å². The lowest BCUT2D eigenvalue weighted by atomic mass is 10.0. The van der Waals surface area contributed by atoms with Crippen LogP contribution in [-0.2, 0) is 0 Å². The minimum absolute atomic E-state index is 0.648. The molecule has 0 bridgehead atoms. The van der Waals surface area contributed by atoms with Gasteiger partial charge in [0.05, 0.1) is 8.07 Å². The Balaban J connectivity index is 2.05. The fraction of sp³-hybridized carbons (Fsp3) is 0.455. The summed E-state index contributed by atoms with van der Waals surface area (Å²) in [6.45, 7) is 14.4. The van der Waals surface area contributed by atoms with Gasteiger partial charge in [-0.25, -0.2) is 0 Å². The molecule has 0 saturated heterocycles. The predicted molar refractivity (Wildman–Crippen MR) is 105 cm³/mol. The summed E-state index contributed by atoms with van der Waals surface area (Å²) in [5.74, 6) is 0. The molecule has 0 N–H and O–H groups in total. The van der Waals surface area contributed by atoms with Crippen molar-refractivity contribution in [3.8, 4) is 0 Å². The van der Waals surface area contributed by atoms with Crippen molar-refractivity contribution in [2.45, 2.75) is 64.7 Å². The van der Waals surface area contributed by atoms with Crippen molar-refractivity contribution < 1.29 is 0 Å². The van der Waals surface area contributed by atoms with Crippen molar-refractivity contribution in [2.75, 3.05) is 0 Å². The van der Waals surface area contributed by atoms with E-state index in [1.54, 1.807) is 16.7 Å². The Morgan fingerprint density at radius 1 is 0.957 bits per heavy atom. The molecule has 2 aliphatic carbocycles. The summed E-state index contributed by atoms with van der Waals surface area (Å²) in [4.78, 5) is 0. The average molecular weight is 323 g/mol. The molecule has 0 fully saturated rings. The monoisotopic (exact) mass is 322 g/mol. The number of fused-ring (bicyclic) bond motifs is 1. The molecule has 3 rings (SSSR count). The normalized spacial score (nSPS) is 23.9. The van der Waals surface area contributed by atoms with Crippen molar-refractivity contribution in [1.82, 2.24) is 0 Å². The molecule has 0 saturated carbocycles. The predicted octanol–water partition coefficient (Wildman–Crippen LogP) is 6.88. The highest BCUT2D eigenvalue weighted by atomic mass is 28.3. The second-order valence-electron chi connectivity index (χ2n) is 7.96. The van der Waals surface area contributed by atoms with Crippen LogP contribution in [0.5, 0.6) is 0 Å². The quantitative estimate of drug-likeness (QED) is 0.530. The number of hydrogen-bond acceptors (Lipinski definition) is 0. The minimum Gasteiger partial charge on any atom is -0.0768 e.